The maximum Gasteiger partial charge on any atom is 0.152 e. The van der Waals surface area contributed by atoms with E-state index in [9.17, 15) is 5.41 Å². The van der Waals surface area contributed by atoms with Crippen molar-refractivity contribution in [1.29, 1.82) is 5.41 Å². The Bertz CT molecular complexity index is 3400. The average molecular weight is 818 g/mol. The van der Waals surface area contributed by atoms with Crippen molar-refractivity contribution in [1.82, 2.24) is 0 Å². The zero-order valence-electron chi connectivity index (χ0n) is 35.2. The van der Waals surface area contributed by atoms with Crippen LogP contribution < -0.4 is 4.90 Å². The largest absolute Gasteiger partial charge is 0.310 e. The van der Waals surface area contributed by atoms with Gasteiger partial charge in [-0.15, -0.1) is 0 Å². The summed E-state index contributed by atoms with van der Waals surface area (Å²) in [6.07, 6.45) is 10.8. The summed E-state index contributed by atoms with van der Waals surface area (Å²) in [6, 6.07) is 74.3. The fourth-order valence-corrected chi connectivity index (χ4v) is 10.4. The van der Waals surface area contributed by atoms with Gasteiger partial charge in [0.1, 0.15) is 0 Å². The maximum atomic E-state index is 9.31. The highest BCUT2D eigenvalue weighted by atomic mass is 15.2. The van der Waals surface area contributed by atoms with Crippen LogP contribution in [0.4, 0.5) is 17.1 Å². The van der Waals surface area contributed by atoms with Crippen molar-refractivity contribution in [2.45, 2.75) is 18.3 Å². The average Bonchev–Trinajstić information content (AvgIpc) is 3.65. The molecule has 12 rings (SSSR count). The van der Waals surface area contributed by atoms with Gasteiger partial charge in [0.25, 0.3) is 0 Å². The third-order valence-electron chi connectivity index (χ3n) is 13.4. The molecule has 3 aliphatic rings. The zero-order valence-corrected chi connectivity index (χ0v) is 35.2. The first-order valence-electron chi connectivity index (χ1n) is 22.2. The number of allylic oxidation sites excluding steroid dienone is 2. The van der Waals surface area contributed by atoms with Crippen molar-refractivity contribution < 1.29 is 0 Å². The number of nitrogens with zero attached hydrogens (tertiary/aromatic N) is 2. The van der Waals surface area contributed by atoms with E-state index in [1.807, 2.05) is 66.7 Å². The molecule has 1 unspecified atom stereocenters. The van der Waals surface area contributed by atoms with Crippen LogP contribution in [0.2, 0.25) is 0 Å². The van der Waals surface area contributed by atoms with E-state index in [4.69, 9.17) is 4.99 Å². The second-order valence-electron chi connectivity index (χ2n) is 17.0. The van der Waals surface area contributed by atoms with Crippen LogP contribution in [0.5, 0.6) is 0 Å². The highest BCUT2D eigenvalue weighted by molar-refractivity contribution is 6.17. The molecule has 0 saturated carbocycles. The third-order valence-corrected chi connectivity index (χ3v) is 13.4. The predicted molar refractivity (Wildman–Crippen MR) is 268 cm³/mol. The van der Waals surface area contributed by atoms with Crippen molar-refractivity contribution >= 4 is 51.5 Å². The number of fused-ring (bicyclic) bond motifs is 11. The van der Waals surface area contributed by atoms with E-state index in [2.05, 4.69) is 169 Å². The zero-order chi connectivity index (χ0) is 42.6. The number of aryl methyl sites for hydroxylation is 1. The SMILES string of the molecule is N=C(N=C(/C=C/c1ccccc1)c1ccccc1)c1cccc(-c2ccc3c(c2)-c2ccccc2C32c3cc4c(cc3N(c3ccccc3)c3cc5ccccc5cc32)C=CCC4)c1. The second-order valence-corrected chi connectivity index (χ2v) is 17.0. The van der Waals surface area contributed by atoms with Crippen molar-refractivity contribution in [2.24, 2.45) is 4.99 Å². The highest BCUT2D eigenvalue weighted by Gasteiger charge is 2.52. The molecule has 3 heteroatoms. The minimum Gasteiger partial charge on any atom is -0.310 e. The Morgan fingerprint density at radius 2 is 1.19 bits per heavy atom. The van der Waals surface area contributed by atoms with Gasteiger partial charge in [-0.25, -0.2) is 4.99 Å². The summed E-state index contributed by atoms with van der Waals surface area (Å²) in [6.45, 7) is 0. The summed E-state index contributed by atoms with van der Waals surface area (Å²) in [5.74, 6) is 0.215. The third kappa shape index (κ3) is 6.12. The number of nitrogens with one attached hydrogen (secondary N) is 1. The quantitative estimate of drug-likeness (QED) is 0.132. The van der Waals surface area contributed by atoms with Gasteiger partial charge < -0.3 is 4.90 Å². The number of hydrogen-bond donors (Lipinski definition) is 1. The summed E-state index contributed by atoms with van der Waals surface area (Å²) in [7, 11) is 0. The molecule has 0 saturated heterocycles. The van der Waals surface area contributed by atoms with Crippen LogP contribution in [0.25, 0.3) is 45.2 Å². The van der Waals surface area contributed by atoms with E-state index in [0.29, 0.717) is 0 Å². The van der Waals surface area contributed by atoms with E-state index in [0.717, 1.165) is 52.1 Å². The topological polar surface area (TPSA) is 39.5 Å². The molecular formula is C61H43N3. The summed E-state index contributed by atoms with van der Waals surface area (Å²) >= 11 is 0. The van der Waals surface area contributed by atoms with E-state index in [1.54, 1.807) is 0 Å². The molecule has 1 N–H and O–H groups in total. The number of rotatable bonds is 6. The van der Waals surface area contributed by atoms with Crippen molar-refractivity contribution in [3.05, 3.63) is 268 Å². The molecule has 64 heavy (non-hydrogen) atoms. The number of benzene rings is 9. The highest BCUT2D eigenvalue weighted by Crippen LogP contribution is 2.64. The van der Waals surface area contributed by atoms with E-state index >= 15 is 0 Å². The van der Waals surface area contributed by atoms with Gasteiger partial charge >= 0.3 is 0 Å². The summed E-state index contributed by atoms with van der Waals surface area (Å²) in [4.78, 5) is 7.44. The van der Waals surface area contributed by atoms with Crippen LogP contribution in [0.15, 0.2) is 223 Å². The molecule has 1 atom stereocenters. The molecule has 3 nitrogen and oxygen atoms in total. The molecule has 0 aromatic heterocycles. The first kappa shape index (κ1) is 37.6. The van der Waals surface area contributed by atoms with Gasteiger partial charge in [-0.3, -0.25) is 5.41 Å². The normalized spacial score (nSPS) is 15.8. The van der Waals surface area contributed by atoms with Gasteiger partial charge in [0, 0.05) is 16.8 Å². The predicted octanol–water partition coefficient (Wildman–Crippen LogP) is 15.1. The Balaban J connectivity index is 1.03. The fraction of sp³-hybridized carbons (Fsp3) is 0.0492. The lowest BCUT2D eigenvalue weighted by molar-refractivity contribution is 0.750. The molecule has 0 bridgehead atoms. The first-order chi connectivity index (χ1) is 31.6. The van der Waals surface area contributed by atoms with Gasteiger partial charge in [0.2, 0.25) is 0 Å². The Morgan fingerprint density at radius 3 is 2.02 bits per heavy atom. The van der Waals surface area contributed by atoms with Gasteiger partial charge in [-0.2, -0.15) is 0 Å². The van der Waals surface area contributed by atoms with Crippen LogP contribution in [-0.4, -0.2) is 11.5 Å². The summed E-state index contributed by atoms with van der Waals surface area (Å²) in [5, 5.41) is 11.8. The van der Waals surface area contributed by atoms with Gasteiger partial charge in [0.05, 0.1) is 22.5 Å². The minimum atomic E-state index is -0.569. The molecule has 9 aromatic carbocycles. The number of anilines is 3. The molecular weight excluding hydrogens is 775 g/mol. The van der Waals surface area contributed by atoms with E-state index in [1.165, 1.54) is 66.7 Å². The van der Waals surface area contributed by atoms with Crippen molar-refractivity contribution in [3.8, 4) is 22.3 Å². The number of aliphatic imine (C=N–C) groups is 1. The molecule has 1 spiro atoms. The van der Waals surface area contributed by atoms with Gasteiger partial charge in [-0.1, -0.05) is 182 Å². The van der Waals surface area contributed by atoms with Gasteiger partial charge in [0.15, 0.2) is 5.84 Å². The monoisotopic (exact) mass is 817 g/mol. The Hall–Kier alpha value is -8.14. The van der Waals surface area contributed by atoms with Crippen LogP contribution in [0.3, 0.4) is 0 Å². The molecule has 1 aliphatic heterocycles. The number of amidine groups is 1. The van der Waals surface area contributed by atoms with Crippen LogP contribution in [0.1, 0.15) is 56.5 Å². The number of para-hydroxylation sites is 1. The van der Waals surface area contributed by atoms with Crippen molar-refractivity contribution in [3.63, 3.8) is 0 Å². The molecule has 0 radical (unpaired) electrons. The van der Waals surface area contributed by atoms with Crippen LogP contribution in [0, 0.1) is 5.41 Å². The Labute approximate surface area is 374 Å². The summed E-state index contributed by atoms with van der Waals surface area (Å²) in [5.41, 5.74) is 19.1. The first-order valence-corrected chi connectivity index (χ1v) is 22.2. The van der Waals surface area contributed by atoms with Crippen molar-refractivity contribution in [2.75, 3.05) is 4.90 Å². The lowest BCUT2D eigenvalue weighted by Gasteiger charge is -2.46. The molecule has 2 aliphatic carbocycles. The van der Waals surface area contributed by atoms with E-state index in [-0.39, 0.29) is 5.84 Å². The Morgan fingerprint density at radius 1 is 0.531 bits per heavy atom. The Kier molecular flexibility index (Phi) is 9.01. The minimum absolute atomic E-state index is 0.215. The second kappa shape index (κ2) is 15.3. The summed E-state index contributed by atoms with van der Waals surface area (Å²) < 4.78 is 0. The van der Waals surface area contributed by atoms with E-state index < -0.39 is 5.41 Å². The fourth-order valence-electron chi connectivity index (χ4n) is 10.4. The van der Waals surface area contributed by atoms with Crippen LogP contribution in [-0.2, 0) is 11.8 Å². The maximum absolute atomic E-state index is 9.31. The molecule has 0 fully saturated rings. The molecule has 302 valence electrons. The smallest absolute Gasteiger partial charge is 0.152 e. The van der Waals surface area contributed by atoms with Gasteiger partial charge in [-0.05, 0) is 133 Å². The standard InChI is InChI=1S/C61H43N3/c62-60(63-57(42-19-6-2-7-20-42)34-31-41-17-4-1-5-18-41)49-26-16-25-43(35-49)48-32-33-54-52(36-48)51-29-14-15-30-53(51)61(54)55-37-44-21-10-12-23-46(44)39-58(55)64(50-27-8-3-9-28-50)59-40-47-24-13-11-22-45(47)38-56(59)61/h1-10,12-21,23-40,62H,11,22H2/b34-31+,62-60?,63-57?. The molecule has 0 amide bonds. The number of hydrogen-bond acceptors (Lipinski definition) is 2. The molecule has 9 aromatic rings. The lowest BCUT2D eigenvalue weighted by Crippen LogP contribution is -2.36. The lowest BCUT2D eigenvalue weighted by atomic mass is 9.63. The van der Waals surface area contributed by atoms with Crippen LogP contribution >= 0.6 is 0 Å². The molecule has 1 heterocycles.